The number of aromatic amines is 1. The number of aryl methyl sites for hydroxylation is 1. The first kappa shape index (κ1) is 18.0. The van der Waals surface area contributed by atoms with Crippen LogP contribution in [-0.4, -0.2) is 16.7 Å². The molecule has 0 spiro atoms. The number of carbonyl (C=O) groups excluding carboxylic acids is 2. The lowest BCUT2D eigenvalue weighted by Crippen LogP contribution is -2.13. The van der Waals surface area contributed by atoms with Crippen LogP contribution in [0.5, 0.6) is 0 Å². The minimum absolute atomic E-state index is 0.0195. The summed E-state index contributed by atoms with van der Waals surface area (Å²) in [6.45, 7) is 2.14. The number of hydrogen-bond acceptors (Lipinski definition) is 2. The second-order valence-electron chi connectivity index (χ2n) is 6.92. The van der Waals surface area contributed by atoms with Crippen molar-refractivity contribution in [3.63, 3.8) is 0 Å². The molecule has 1 heterocycles. The molecule has 0 radical (unpaired) electrons. The van der Waals surface area contributed by atoms with Gasteiger partial charge in [-0.25, -0.2) is 0 Å². The first-order valence-electron chi connectivity index (χ1n) is 9.57. The van der Waals surface area contributed by atoms with Gasteiger partial charge in [-0.1, -0.05) is 61.5 Å². The Morgan fingerprint density at radius 1 is 0.893 bits per heavy atom. The van der Waals surface area contributed by atoms with Crippen LogP contribution in [0.15, 0.2) is 66.7 Å². The number of rotatable bonds is 6. The van der Waals surface area contributed by atoms with Crippen molar-refractivity contribution in [2.75, 3.05) is 5.32 Å². The molecule has 0 aliphatic rings. The maximum atomic E-state index is 12.3. The van der Waals surface area contributed by atoms with Crippen LogP contribution in [0.4, 0.5) is 5.69 Å². The van der Waals surface area contributed by atoms with Gasteiger partial charge in [0.25, 0.3) is 0 Å². The highest BCUT2D eigenvalue weighted by Gasteiger charge is 2.11. The zero-order valence-corrected chi connectivity index (χ0v) is 15.8. The summed E-state index contributed by atoms with van der Waals surface area (Å²) < 4.78 is 0. The second kappa shape index (κ2) is 7.69. The molecule has 0 aliphatic carbocycles. The van der Waals surface area contributed by atoms with Crippen molar-refractivity contribution in [2.45, 2.75) is 26.2 Å². The molecule has 0 unspecified atom stereocenters. The second-order valence-corrected chi connectivity index (χ2v) is 6.92. The molecule has 1 aromatic heterocycles. The molecule has 0 aliphatic heterocycles. The zero-order chi connectivity index (χ0) is 19.5. The summed E-state index contributed by atoms with van der Waals surface area (Å²) in [5.74, 6) is -0.178. The zero-order valence-electron chi connectivity index (χ0n) is 15.8. The van der Waals surface area contributed by atoms with Gasteiger partial charge >= 0.3 is 0 Å². The fraction of sp³-hybridized carbons (Fsp3) is 0.167. The summed E-state index contributed by atoms with van der Waals surface area (Å²) in [6, 6.07) is 21.3. The number of ketones is 1. The summed E-state index contributed by atoms with van der Waals surface area (Å²) in [5, 5.41) is 5.24. The molecule has 140 valence electrons. The molecule has 0 saturated heterocycles. The molecule has 4 aromatic rings. The number of fused-ring (bicyclic) bond motifs is 3. The highest BCUT2D eigenvalue weighted by Crippen LogP contribution is 2.29. The van der Waals surface area contributed by atoms with Gasteiger partial charge in [0, 0.05) is 45.9 Å². The third-order valence-electron chi connectivity index (χ3n) is 5.06. The number of carbonyl (C=O) groups is 2. The van der Waals surface area contributed by atoms with Crippen LogP contribution in [0.1, 0.15) is 35.7 Å². The lowest BCUT2D eigenvalue weighted by atomic mass is 10.1. The van der Waals surface area contributed by atoms with Gasteiger partial charge in [-0.15, -0.1) is 0 Å². The normalized spacial score (nSPS) is 11.0. The van der Waals surface area contributed by atoms with E-state index < -0.39 is 0 Å². The third-order valence-corrected chi connectivity index (χ3v) is 5.06. The van der Waals surface area contributed by atoms with Gasteiger partial charge in [0.05, 0.1) is 0 Å². The number of amides is 1. The maximum Gasteiger partial charge on any atom is 0.224 e. The largest absolute Gasteiger partial charge is 0.354 e. The van der Waals surface area contributed by atoms with Crippen LogP contribution < -0.4 is 5.32 Å². The van der Waals surface area contributed by atoms with Crippen molar-refractivity contribution >= 4 is 39.2 Å². The molecule has 1 amide bonds. The molecule has 0 saturated carbocycles. The molecule has 4 rings (SSSR count). The van der Waals surface area contributed by atoms with E-state index in [9.17, 15) is 9.59 Å². The Hall–Kier alpha value is -3.40. The lowest BCUT2D eigenvalue weighted by Gasteiger charge is -2.05. The average Bonchev–Trinajstić information content (AvgIpc) is 3.10. The summed E-state index contributed by atoms with van der Waals surface area (Å²) >= 11 is 0. The molecule has 4 nitrogen and oxygen atoms in total. The highest BCUT2D eigenvalue weighted by atomic mass is 16.2. The summed E-state index contributed by atoms with van der Waals surface area (Å²) in [7, 11) is 0. The average molecular weight is 370 g/mol. The Morgan fingerprint density at radius 2 is 1.71 bits per heavy atom. The minimum Gasteiger partial charge on any atom is -0.354 e. The van der Waals surface area contributed by atoms with E-state index >= 15 is 0 Å². The molecule has 28 heavy (non-hydrogen) atoms. The third kappa shape index (κ3) is 3.54. The van der Waals surface area contributed by atoms with Crippen LogP contribution >= 0.6 is 0 Å². The Labute approximate surface area is 163 Å². The first-order valence-corrected chi connectivity index (χ1v) is 9.57. The predicted molar refractivity (Wildman–Crippen MR) is 114 cm³/mol. The van der Waals surface area contributed by atoms with Crippen molar-refractivity contribution in [1.82, 2.24) is 4.98 Å². The maximum absolute atomic E-state index is 12.3. The number of nitrogens with one attached hydrogen (secondary N) is 2. The van der Waals surface area contributed by atoms with Gasteiger partial charge in [-0.2, -0.15) is 0 Å². The van der Waals surface area contributed by atoms with Crippen molar-refractivity contribution < 1.29 is 9.59 Å². The number of Topliss-reactive ketones (excluding diaryl/α,β-unsaturated/α-hetero) is 1. The molecule has 3 aromatic carbocycles. The molecule has 0 bridgehead atoms. The van der Waals surface area contributed by atoms with E-state index in [1.165, 1.54) is 10.9 Å². The molecule has 4 heteroatoms. The van der Waals surface area contributed by atoms with E-state index in [-0.39, 0.29) is 24.5 Å². The Morgan fingerprint density at radius 3 is 2.50 bits per heavy atom. The number of benzene rings is 3. The number of hydrogen-bond donors (Lipinski definition) is 2. The summed E-state index contributed by atoms with van der Waals surface area (Å²) in [6.07, 6.45) is 1.33. The fourth-order valence-electron chi connectivity index (χ4n) is 3.58. The Kier molecular flexibility index (Phi) is 4.94. The fourth-order valence-corrected chi connectivity index (χ4v) is 3.58. The Bertz CT molecular complexity index is 1160. The summed E-state index contributed by atoms with van der Waals surface area (Å²) in [4.78, 5) is 27.9. The molecule has 0 fully saturated rings. The van der Waals surface area contributed by atoms with Crippen molar-refractivity contribution in [1.29, 1.82) is 0 Å². The van der Waals surface area contributed by atoms with E-state index in [4.69, 9.17) is 0 Å². The van der Waals surface area contributed by atoms with Gasteiger partial charge in [0.2, 0.25) is 5.91 Å². The van der Waals surface area contributed by atoms with Crippen LogP contribution in [0, 0.1) is 0 Å². The van der Waals surface area contributed by atoms with Gasteiger partial charge < -0.3 is 10.3 Å². The molecular weight excluding hydrogens is 348 g/mol. The SMILES string of the molecule is CCc1cccc2c1[nH]c1cc(NC(=O)CCC(=O)c3ccccc3)ccc12. The van der Waals surface area contributed by atoms with E-state index in [2.05, 4.69) is 35.4 Å². The van der Waals surface area contributed by atoms with Gasteiger partial charge in [-0.05, 0) is 24.1 Å². The molecule has 0 atom stereocenters. The molecular formula is C24H22N2O2. The van der Waals surface area contributed by atoms with Crippen LogP contribution in [0.2, 0.25) is 0 Å². The smallest absolute Gasteiger partial charge is 0.224 e. The quantitative estimate of drug-likeness (QED) is 0.441. The number of aromatic nitrogens is 1. The summed E-state index contributed by atoms with van der Waals surface area (Å²) in [5.41, 5.74) is 4.79. The lowest BCUT2D eigenvalue weighted by molar-refractivity contribution is -0.116. The topological polar surface area (TPSA) is 62.0 Å². The van der Waals surface area contributed by atoms with E-state index in [0.717, 1.165) is 28.5 Å². The highest BCUT2D eigenvalue weighted by molar-refractivity contribution is 6.09. The van der Waals surface area contributed by atoms with Crippen LogP contribution in [0.25, 0.3) is 21.8 Å². The van der Waals surface area contributed by atoms with Crippen LogP contribution in [-0.2, 0) is 11.2 Å². The predicted octanol–water partition coefficient (Wildman–Crippen LogP) is 5.49. The standard InChI is InChI=1S/C24H22N2O2/c1-2-16-9-6-10-20-19-12-11-18(15-21(19)26-24(16)20)25-23(28)14-13-22(27)17-7-4-3-5-8-17/h3-12,15,26H,2,13-14H2,1H3,(H,25,28). The van der Waals surface area contributed by atoms with Crippen molar-refractivity contribution in [3.8, 4) is 0 Å². The van der Waals surface area contributed by atoms with Gasteiger partial charge in [0.1, 0.15) is 0 Å². The van der Waals surface area contributed by atoms with Gasteiger partial charge in [0.15, 0.2) is 5.78 Å². The Balaban J connectivity index is 1.48. The number of H-pyrrole nitrogens is 1. The van der Waals surface area contributed by atoms with E-state index in [1.807, 2.05) is 36.4 Å². The number of para-hydroxylation sites is 1. The van der Waals surface area contributed by atoms with E-state index in [1.54, 1.807) is 12.1 Å². The van der Waals surface area contributed by atoms with Crippen molar-refractivity contribution in [3.05, 3.63) is 77.9 Å². The number of anilines is 1. The first-order chi connectivity index (χ1) is 13.7. The molecule has 2 N–H and O–H groups in total. The van der Waals surface area contributed by atoms with E-state index in [0.29, 0.717) is 5.56 Å². The van der Waals surface area contributed by atoms with Crippen LogP contribution in [0.3, 0.4) is 0 Å². The van der Waals surface area contributed by atoms with Gasteiger partial charge in [-0.3, -0.25) is 9.59 Å². The monoisotopic (exact) mass is 370 g/mol. The van der Waals surface area contributed by atoms with Crippen molar-refractivity contribution in [2.24, 2.45) is 0 Å². The minimum atomic E-state index is -0.158.